The van der Waals surface area contributed by atoms with Crippen LogP contribution in [0.5, 0.6) is 5.75 Å². The fourth-order valence-corrected chi connectivity index (χ4v) is 1.43. The van der Waals surface area contributed by atoms with Crippen LogP contribution in [0.2, 0.25) is 0 Å². The van der Waals surface area contributed by atoms with Gasteiger partial charge in [-0.3, -0.25) is 0 Å². The van der Waals surface area contributed by atoms with Gasteiger partial charge in [0, 0.05) is 0 Å². The quantitative estimate of drug-likeness (QED) is 0.855. The molecule has 7 heteroatoms. The van der Waals surface area contributed by atoms with E-state index in [9.17, 15) is 4.79 Å². The van der Waals surface area contributed by atoms with Crippen LogP contribution in [0.25, 0.3) is 0 Å². The molecule has 0 saturated carbocycles. The summed E-state index contributed by atoms with van der Waals surface area (Å²) in [6, 6.07) is 8.06. The van der Waals surface area contributed by atoms with E-state index in [1.54, 1.807) is 12.1 Å². The number of rotatable bonds is 5. The minimum absolute atomic E-state index is 0.105. The van der Waals surface area contributed by atoms with E-state index in [4.69, 9.17) is 15.1 Å². The highest BCUT2D eigenvalue weighted by molar-refractivity contribution is 5.87. The van der Waals surface area contributed by atoms with Crippen LogP contribution in [0.15, 0.2) is 30.6 Å². The lowest BCUT2D eigenvalue weighted by Gasteiger charge is -2.06. The second-order valence-corrected chi connectivity index (χ2v) is 3.62. The average Bonchev–Trinajstić information content (AvgIpc) is 2.87. The second-order valence-electron chi connectivity index (χ2n) is 3.62. The number of hydrogen-bond acceptors (Lipinski definition) is 5. The molecule has 0 atom stereocenters. The van der Waals surface area contributed by atoms with Gasteiger partial charge in [-0.1, -0.05) is 6.07 Å². The molecule has 0 amide bonds. The van der Waals surface area contributed by atoms with E-state index >= 15 is 0 Å². The van der Waals surface area contributed by atoms with Crippen LogP contribution in [0, 0.1) is 11.3 Å². The summed E-state index contributed by atoms with van der Waals surface area (Å²) in [4.78, 5) is 14.5. The van der Waals surface area contributed by atoms with Gasteiger partial charge in [0.2, 0.25) is 0 Å². The molecule has 1 heterocycles. The number of nitriles is 1. The summed E-state index contributed by atoms with van der Waals surface area (Å²) in [6.45, 7) is 0.725. The van der Waals surface area contributed by atoms with E-state index in [0.717, 1.165) is 0 Å². The van der Waals surface area contributed by atoms with Crippen molar-refractivity contribution >= 4 is 5.97 Å². The fourth-order valence-electron chi connectivity index (χ4n) is 1.43. The summed E-state index contributed by atoms with van der Waals surface area (Å²) < 4.78 is 6.89. The van der Waals surface area contributed by atoms with Crippen LogP contribution in [0.4, 0.5) is 0 Å². The zero-order chi connectivity index (χ0) is 13.7. The molecule has 0 aliphatic carbocycles. The molecule has 2 aromatic rings. The van der Waals surface area contributed by atoms with Crippen LogP contribution >= 0.6 is 0 Å². The van der Waals surface area contributed by atoms with Crippen molar-refractivity contribution in [1.29, 1.82) is 5.26 Å². The molecule has 0 aliphatic rings. The van der Waals surface area contributed by atoms with E-state index in [-0.39, 0.29) is 11.4 Å². The van der Waals surface area contributed by atoms with Gasteiger partial charge in [-0.2, -0.15) is 5.26 Å². The minimum atomic E-state index is -1.000. The Bertz CT molecular complexity index is 630. The predicted molar refractivity (Wildman–Crippen MR) is 63.6 cm³/mol. The lowest BCUT2D eigenvalue weighted by atomic mass is 10.2. The molecular weight excluding hydrogens is 248 g/mol. The van der Waals surface area contributed by atoms with Crippen LogP contribution in [0.3, 0.4) is 0 Å². The molecule has 2 rings (SSSR count). The maximum atomic E-state index is 10.8. The van der Waals surface area contributed by atoms with Gasteiger partial charge in [0.1, 0.15) is 24.8 Å². The van der Waals surface area contributed by atoms with Gasteiger partial charge in [0.05, 0.1) is 12.1 Å². The molecular formula is C12H10N4O3. The normalized spacial score (nSPS) is 9.84. The Balaban J connectivity index is 1.90. The van der Waals surface area contributed by atoms with Crippen LogP contribution in [-0.4, -0.2) is 32.4 Å². The van der Waals surface area contributed by atoms with Crippen LogP contribution in [0.1, 0.15) is 16.2 Å². The summed E-state index contributed by atoms with van der Waals surface area (Å²) in [5, 5.41) is 21.3. The number of hydrogen-bond donors (Lipinski definition) is 1. The first-order valence-electron chi connectivity index (χ1n) is 5.45. The van der Waals surface area contributed by atoms with Crippen molar-refractivity contribution in [2.75, 3.05) is 6.61 Å². The number of aromatic nitrogens is 3. The van der Waals surface area contributed by atoms with E-state index in [2.05, 4.69) is 10.1 Å². The standard InChI is InChI=1S/C12H10N4O3/c13-7-11-14-8-16(15-11)4-5-19-10-3-1-2-9(6-10)12(17)18/h1-3,6,8H,4-5H2,(H,17,18). The highest BCUT2D eigenvalue weighted by atomic mass is 16.5. The Labute approximate surface area is 108 Å². The lowest BCUT2D eigenvalue weighted by Crippen LogP contribution is -2.09. The van der Waals surface area contributed by atoms with Gasteiger partial charge in [0.15, 0.2) is 0 Å². The fraction of sp³-hybridized carbons (Fsp3) is 0.167. The summed E-state index contributed by atoms with van der Waals surface area (Å²) >= 11 is 0. The topological polar surface area (TPSA) is 101 Å². The van der Waals surface area contributed by atoms with Crippen molar-refractivity contribution in [2.45, 2.75) is 6.54 Å². The Morgan fingerprint density at radius 2 is 2.37 bits per heavy atom. The van der Waals surface area contributed by atoms with Crippen molar-refractivity contribution in [2.24, 2.45) is 0 Å². The molecule has 0 fully saturated rings. The highest BCUT2D eigenvalue weighted by Crippen LogP contribution is 2.13. The molecule has 96 valence electrons. The second kappa shape index (κ2) is 5.64. The predicted octanol–water partition coefficient (Wildman–Crippen LogP) is 0.927. The third-order valence-corrected chi connectivity index (χ3v) is 2.31. The monoisotopic (exact) mass is 258 g/mol. The van der Waals surface area contributed by atoms with Crippen LogP contribution < -0.4 is 4.74 Å². The number of carboxylic acid groups (broad SMARTS) is 1. The molecule has 0 aliphatic heterocycles. The SMILES string of the molecule is N#Cc1ncn(CCOc2cccc(C(=O)O)c2)n1. The Morgan fingerprint density at radius 3 is 3.05 bits per heavy atom. The summed E-state index contributed by atoms with van der Waals surface area (Å²) in [5.74, 6) is -0.422. The number of ether oxygens (including phenoxy) is 1. The average molecular weight is 258 g/mol. The van der Waals surface area contributed by atoms with Crippen molar-refractivity contribution < 1.29 is 14.6 Å². The van der Waals surface area contributed by atoms with Crippen molar-refractivity contribution in [1.82, 2.24) is 14.8 Å². The summed E-state index contributed by atoms with van der Waals surface area (Å²) in [6.07, 6.45) is 1.44. The molecule has 0 unspecified atom stereocenters. The van der Waals surface area contributed by atoms with Gasteiger partial charge in [-0.15, -0.1) is 5.10 Å². The summed E-state index contributed by atoms with van der Waals surface area (Å²) in [7, 11) is 0. The molecule has 19 heavy (non-hydrogen) atoms. The van der Waals surface area contributed by atoms with E-state index in [1.165, 1.54) is 23.1 Å². The van der Waals surface area contributed by atoms with Gasteiger partial charge < -0.3 is 9.84 Å². The van der Waals surface area contributed by atoms with E-state index in [0.29, 0.717) is 18.9 Å². The largest absolute Gasteiger partial charge is 0.492 e. The number of benzene rings is 1. The third-order valence-electron chi connectivity index (χ3n) is 2.31. The number of carboxylic acids is 1. The van der Waals surface area contributed by atoms with Crippen molar-refractivity contribution in [3.8, 4) is 11.8 Å². The van der Waals surface area contributed by atoms with Crippen molar-refractivity contribution in [3.63, 3.8) is 0 Å². The smallest absolute Gasteiger partial charge is 0.335 e. The van der Waals surface area contributed by atoms with E-state index in [1.807, 2.05) is 6.07 Å². The first-order valence-corrected chi connectivity index (χ1v) is 5.45. The van der Waals surface area contributed by atoms with Crippen molar-refractivity contribution in [3.05, 3.63) is 42.0 Å². The molecule has 0 bridgehead atoms. The minimum Gasteiger partial charge on any atom is -0.492 e. The van der Waals surface area contributed by atoms with Gasteiger partial charge >= 0.3 is 5.97 Å². The maximum Gasteiger partial charge on any atom is 0.335 e. The first-order chi connectivity index (χ1) is 9.19. The Kier molecular flexibility index (Phi) is 3.73. The van der Waals surface area contributed by atoms with Crippen LogP contribution in [-0.2, 0) is 6.54 Å². The molecule has 1 aromatic carbocycles. The van der Waals surface area contributed by atoms with Gasteiger partial charge in [-0.05, 0) is 18.2 Å². The number of carbonyl (C=O) groups is 1. The number of nitrogens with zero attached hydrogens (tertiary/aromatic N) is 4. The maximum absolute atomic E-state index is 10.8. The highest BCUT2D eigenvalue weighted by Gasteiger charge is 2.04. The number of aromatic carboxylic acids is 1. The first kappa shape index (κ1) is 12.6. The molecule has 0 spiro atoms. The third kappa shape index (κ3) is 3.29. The Morgan fingerprint density at radius 1 is 1.53 bits per heavy atom. The zero-order valence-electron chi connectivity index (χ0n) is 9.85. The Hall–Kier alpha value is -2.88. The molecule has 1 N–H and O–H groups in total. The summed E-state index contributed by atoms with van der Waals surface area (Å²) in [5.41, 5.74) is 0.171. The molecule has 1 aromatic heterocycles. The van der Waals surface area contributed by atoms with E-state index < -0.39 is 5.97 Å². The zero-order valence-corrected chi connectivity index (χ0v) is 9.85. The molecule has 0 radical (unpaired) electrons. The van der Waals surface area contributed by atoms with Gasteiger partial charge in [0.25, 0.3) is 5.82 Å². The van der Waals surface area contributed by atoms with Gasteiger partial charge in [-0.25, -0.2) is 14.5 Å². The lowest BCUT2D eigenvalue weighted by molar-refractivity contribution is 0.0696. The molecule has 0 saturated heterocycles. The molecule has 7 nitrogen and oxygen atoms in total.